The lowest BCUT2D eigenvalue weighted by molar-refractivity contribution is 0.0708. The predicted molar refractivity (Wildman–Crippen MR) is 68.7 cm³/mol. The van der Waals surface area contributed by atoms with E-state index in [4.69, 9.17) is 11.5 Å². The average Bonchev–Trinajstić information content (AvgIpc) is 2.31. The van der Waals surface area contributed by atoms with Crippen LogP contribution in [0.15, 0.2) is 18.2 Å². The van der Waals surface area contributed by atoms with E-state index in [0.29, 0.717) is 17.8 Å². The summed E-state index contributed by atoms with van der Waals surface area (Å²) < 4.78 is 0. The van der Waals surface area contributed by atoms with Crippen LogP contribution in [-0.4, -0.2) is 29.9 Å². The normalized spacial score (nSPS) is 20.4. The van der Waals surface area contributed by atoms with Gasteiger partial charge in [0.2, 0.25) is 0 Å². The van der Waals surface area contributed by atoms with E-state index in [1.165, 1.54) is 0 Å². The summed E-state index contributed by atoms with van der Waals surface area (Å²) in [5.74, 6) is 0.0463. The number of aryl methyl sites for hydroxylation is 1. The Kier molecular flexibility index (Phi) is 3.33. The highest BCUT2D eigenvalue weighted by atomic mass is 16.2. The predicted octanol–water partition coefficient (Wildman–Crippen LogP) is 1.14. The van der Waals surface area contributed by atoms with E-state index in [0.717, 1.165) is 24.9 Å². The summed E-state index contributed by atoms with van der Waals surface area (Å²) in [5, 5.41) is 0. The van der Waals surface area contributed by atoms with Gasteiger partial charge < -0.3 is 16.4 Å². The number of nitrogens with two attached hydrogens (primary N) is 2. The molecule has 1 fully saturated rings. The molecule has 17 heavy (non-hydrogen) atoms. The third-order valence-corrected chi connectivity index (χ3v) is 3.24. The van der Waals surface area contributed by atoms with E-state index in [-0.39, 0.29) is 11.9 Å². The van der Waals surface area contributed by atoms with E-state index >= 15 is 0 Å². The van der Waals surface area contributed by atoms with Crippen LogP contribution in [0.1, 0.15) is 28.8 Å². The number of hydrogen-bond donors (Lipinski definition) is 2. The van der Waals surface area contributed by atoms with Crippen molar-refractivity contribution in [1.29, 1.82) is 0 Å². The molecule has 0 aromatic heterocycles. The zero-order valence-corrected chi connectivity index (χ0v) is 10.1. The number of carbonyl (C=O) groups excluding carboxylic acids is 1. The van der Waals surface area contributed by atoms with Gasteiger partial charge in [-0.2, -0.15) is 0 Å². The number of hydrogen-bond acceptors (Lipinski definition) is 3. The number of rotatable bonds is 1. The lowest BCUT2D eigenvalue weighted by Crippen LogP contribution is -2.45. The fourth-order valence-corrected chi connectivity index (χ4v) is 2.23. The van der Waals surface area contributed by atoms with Crippen LogP contribution in [0.5, 0.6) is 0 Å². The molecule has 92 valence electrons. The molecule has 0 saturated carbocycles. The highest BCUT2D eigenvalue weighted by molar-refractivity contribution is 5.96. The van der Waals surface area contributed by atoms with Crippen molar-refractivity contribution in [2.45, 2.75) is 25.8 Å². The van der Waals surface area contributed by atoms with Gasteiger partial charge in [-0.3, -0.25) is 4.79 Å². The minimum absolute atomic E-state index is 0.0463. The van der Waals surface area contributed by atoms with Crippen molar-refractivity contribution in [3.8, 4) is 0 Å². The van der Waals surface area contributed by atoms with Crippen LogP contribution in [0.25, 0.3) is 0 Å². The highest BCUT2D eigenvalue weighted by Gasteiger charge is 2.23. The van der Waals surface area contributed by atoms with E-state index in [1.54, 1.807) is 6.07 Å². The van der Waals surface area contributed by atoms with Crippen molar-refractivity contribution in [2.75, 3.05) is 18.8 Å². The second-order valence-electron chi connectivity index (χ2n) is 4.73. The summed E-state index contributed by atoms with van der Waals surface area (Å²) >= 11 is 0. The van der Waals surface area contributed by atoms with E-state index in [2.05, 4.69) is 0 Å². The lowest BCUT2D eigenvalue weighted by atomic mass is 10.0. The smallest absolute Gasteiger partial charge is 0.254 e. The van der Waals surface area contributed by atoms with Gasteiger partial charge in [-0.25, -0.2) is 0 Å². The zero-order chi connectivity index (χ0) is 12.4. The maximum Gasteiger partial charge on any atom is 0.254 e. The minimum Gasteiger partial charge on any atom is -0.399 e. The first-order valence-electron chi connectivity index (χ1n) is 5.99. The first kappa shape index (κ1) is 11.9. The van der Waals surface area contributed by atoms with Gasteiger partial charge in [0.05, 0.1) is 0 Å². The van der Waals surface area contributed by atoms with Gasteiger partial charge in [-0.1, -0.05) is 6.07 Å². The summed E-state index contributed by atoms with van der Waals surface area (Å²) in [6, 6.07) is 5.55. The molecule has 1 aliphatic rings. The van der Waals surface area contributed by atoms with Crippen molar-refractivity contribution in [3.63, 3.8) is 0 Å². The molecule has 0 aliphatic carbocycles. The molecule has 0 bridgehead atoms. The molecule has 4 heteroatoms. The fraction of sp³-hybridized carbons (Fsp3) is 0.462. The summed E-state index contributed by atoms with van der Waals surface area (Å²) in [6.07, 6.45) is 1.98. The number of nitrogen functional groups attached to an aromatic ring is 1. The number of carbonyl (C=O) groups is 1. The highest BCUT2D eigenvalue weighted by Crippen LogP contribution is 2.17. The Morgan fingerprint density at radius 2 is 2.24 bits per heavy atom. The van der Waals surface area contributed by atoms with E-state index in [1.807, 2.05) is 24.0 Å². The largest absolute Gasteiger partial charge is 0.399 e. The van der Waals surface area contributed by atoms with Gasteiger partial charge in [0.1, 0.15) is 0 Å². The Balaban J connectivity index is 2.21. The zero-order valence-electron chi connectivity index (χ0n) is 10.1. The van der Waals surface area contributed by atoms with Gasteiger partial charge in [-0.15, -0.1) is 0 Å². The average molecular weight is 233 g/mol. The molecule has 1 unspecified atom stereocenters. The Bertz CT molecular complexity index is 431. The molecule has 4 N–H and O–H groups in total. The number of piperidine rings is 1. The van der Waals surface area contributed by atoms with Gasteiger partial charge in [0.15, 0.2) is 0 Å². The second kappa shape index (κ2) is 4.75. The van der Waals surface area contributed by atoms with Crippen LogP contribution in [-0.2, 0) is 0 Å². The molecule has 1 heterocycles. The maximum absolute atomic E-state index is 12.3. The van der Waals surface area contributed by atoms with Crippen LogP contribution >= 0.6 is 0 Å². The van der Waals surface area contributed by atoms with Gasteiger partial charge in [-0.05, 0) is 37.5 Å². The molecule has 0 radical (unpaired) electrons. The van der Waals surface area contributed by atoms with Crippen LogP contribution in [0.3, 0.4) is 0 Å². The third kappa shape index (κ3) is 2.58. The minimum atomic E-state index is 0.0463. The standard InChI is InChI=1S/C13H19N3O/c1-9-4-5-10(14)7-12(9)13(17)16-6-2-3-11(15)8-16/h4-5,7,11H,2-3,6,8,14-15H2,1H3. The van der Waals surface area contributed by atoms with E-state index in [9.17, 15) is 4.79 Å². The Labute approximate surface area is 102 Å². The van der Waals surface area contributed by atoms with Crippen LogP contribution in [0.2, 0.25) is 0 Å². The molecule has 4 nitrogen and oxygen atoms in total. The van der Waals surface area contributed by atoms with Gasteiger partial charge >= 0.3 is 0 Å². The van der Waals surface area contributed by atoms with E-state index < -0.39 is 0 Å². The molecular weight excluding hydrogens is 214 g/mol. The first-order valence-corrected chi connectivity index (χ1v) is 5.99. The molecule has 0 spiro atoms. The second-order valence-corrected chi connectivity index (χ2v) is 4.73. The monoisotopic (exact) mass is 233 g/mol. The number of anilines is 1. The number of likely N-dealkylation sites (tertiary alicyclic amines) is 1. The van der Waals surface area contributed by atoms with Crippen molar-refractivity contribution >= 4 is 11.6 Å². The molecule has 1 aliphatic heterocycles. The van der Waals surface area contributed by atoms with Gasteiger partial charge in [0.25, 0.3) is 5.91 Å². The van der Waals surface area contributed by atoms with Crippen LogP contribution < -0.4 is 11.5 Å². The Morgan fingerprint density at radius 3 is 2.94 bits per heavy atom. The molecule has 1 aromatic rings. The number of benzene rings is 1. The van der Waals surface area contributed by atoms with Crippen LogP contribution in [0, 0.1) is 6.92 Å². The topological polar surface area (TPSA) is 72.4 Å². The Hall–Kier alpha value is -1.55. The summed E-state index contributed by atoms with van der Waals surface area (Å²) in [7, 11) is 0. The summed E-state index contributed by atoms with van der Waals surface area (Å²) in [4.78, 5) is 14.2. The molecule has 1 amide bonds. The van der Waals surface area contributed by atoms with Crippen molar-refractivity contribution in [2.24, 2.45) is 5.73 Å². The van der Waals surface area contributed by atoms with Crippen molar-refractivity contribution in [3.05, 3.63) is 29.3 Å². The number of amides is 1. The first-order chi connectivity index (χ1) is 8.08. The number of nitrogens with zero attached hydrogens (tertiary/aromatic N) is 1. The quantitative estimate of drug-likeness (QED) is 0.714. The molecular formula is C13H19N3O. The fourth-order valence-electron chi connectivity index (χ4n) is 2.23. The van der Waals surface area contributed by atoms with Crippen LogP contribution in [0.4, 0.5) is 5.69 Å². The molecule has 1 atom stereocenters. The lowest BCUT2D eigenvalue weighted by Gasteiger charge is -2.31. The SMILES string of the molecule is Cc1ccc(N)cc1C(=O)N1CCCC(N)C1. The van der Waals surface area contributed by atoms with Gasteiger partial charge in [0, 0.05) is 30.4 Å². The maximum atomic E-state index is 12.3. The third-order valence-electron chi connectivity index (χ3n) is 3.24. The molecule has 1 aromatic carbocycles. The summed E-state index contributed by atoms with van der Waals surface area (Å²) in [5.41, 5.74) is 13.9. The summed E-state index contributed by atoms with van der Waals surface area (Å²) in [6.45, 7) is 3.37. The van der Waals surface area contributed by atoms with Crippen molar-refractivity contribution in [1.82, 2.24) is 4.90 Å². The molecule has 2 rings (SSSR count). The molecule has 1 saturated heterocycles. The Morgan fingerprint density at radius 1 is 1.47 bits per heavy atom. The van der Waals surface area contributed by atoms with Crippen molar-refractivity contribution < 1.29 is 4.79 Å².